The smallest absolute Gasteiger partial charge is 0.404 e. The van der Waals surface area contributed by atoms with Gasteiger partial charge in [0, 0.05) is 0 Å². The van der Waals surface area contributed by atoms with Gasteiger partial charge >= 0.3 is 7.12 Å². The van der Waals surface area contributed by atoms with Crippen LogP contribution in [0.15, 0.2) is 12.1 Å². The van der Waals surface area contributed by atoms with Crippen LogP contribution in [0.5, 0.6) is 0 Å². The number of carbonyl (C=O) groups excluding carboxylic acids is 2. The molecule has 2 bridgehead atoms. The molecule has 4 fully saturated rings. The first-order chi connectivity index (χ1) is 15.8. The highest BCUT2D eigenvalue weighted by molar-refractivity contribution is 6.49. The average Bonchev–Trinajstić information content (AvgIpc) is 3.12. The van der Waals surface area contributed by atoms with Crippen LogP contribution < -0.4 is 10.6 Å². The highest BCUT2D eigenvalue weighted by Crippen LogP contribution is 2.65. The average molecular weight is 530 g/mol. The summed E-state index contributed by atoms with van der Waals surface area (Å²) in [7, 11) is -0.517. The van der Waals surface area contributed by atoms with E-state index in [2.05, 4.69) is 45.3 Å². The van der Waals surface area contributed by atoms with Crippen molar-refractivity contribution in [1.29, 1.82) is 0 Å². The Morgan fingerprint density at radius 3 is 2.50 bits per heavy atom. The van der Waals surface area contributed by atoms with Crippen molar-refractivity contribution in [2.24, 2.45) is 23.2 Å². The molecule has 4 aliphatic rings. The molecule has 1 heterocycles. The molecule has 0 spiro atoms. The molecule has 10 heteroatoms. The van der Waals surface area contributed by atoms with Gasteiger partial charge in [-0.1, -0.05) is 62.5 Å². The molecule has 1 aromatic carbocycles. The second-order valence-electron chi connectivity index (χ2n) is 11.0. The summed E-state index contributed by atoms with van der Waals surface area (Å²) in [4.78, 5) is 25.3. The van der Waals surface area contributed by atoms with Gasteiger partial charge in [-0.15, -0.1) is 0 Å². The van der Waals surface area contributed by atoms with Crippen molar-refractivity contribution in [2.45, 2.75) is 71.5 Å². The molecule has 4 unspecified atom stereocenters. The third kappa shape index (κ3) is 4.59. The van der Waals surface area contributed by atoms with Crippen LogP contribution in [0.2, 0.25) is 15.1 Å². The molecule has 3 aliphatic carbocycles. The maximum absolute atomic E-state index is 12.8. The minimum Gasteiger partial charge on any atom is -0.404 e. The summed E-state index contributed by atoms with van der Waals surface area (Å²) >= 11 is 18.1. The molecule has 2 amide bonds. The van der Waals surface area contributed by atoms with Gasteiger partial charge in [0.05, 0.1) is 44.8 Å². The minimum atomic E-state index is -0.517. The SMILES string of the molecule is CC(C)C[C@H](NC(=O)CNC(=O)c1ccc(Cl)c(Cl)c1Cl)B1OC2CC3CC(C3(C)C)C2(C)O1. The van der Waals surface area contributed by atoms with Gasteiger partial charge in [0.2, 0.25) is 5.91 Å². The van der Waals surface area contributed by atoms with Crippen molar-refractivity contribution < 1.29 is 18.9 Å². The van der Waals surface area contributed by atoms with Crippen LogP contribution >= 0.6 is 34.8 Å². The molecule has 1 aliphatic heterocycles. The molecule has 5 atom stereocenters. The number of rotatable bonds is 7. The first-order valence-electron chi connectivity index (χ1n) is 11.9. The van der Waals surface area contributed by atoms with Crippen molar-refractivity contribution >= 4 is 53.7 Å². The van der Waals surface area contributed by atoms with Crippen LogP contribution in [-0.2, 0) is 14.1 Å². The van der Waals surface area contributed by atoms with E-state index in [0.29, 0.717) is 24.2 Å². The Morgan fingerprint density at radius 1 is 1.15 bits per heavy atom. The van der Waals surface area contributed by atoms with Gasteiger partial charge in [0.25, 0.3) is 5.91 Å². The second-order valence-corrected chi connectivity index (χ2v) is 12.2. The zero-order chi connectivity index (χ0) is 25.0. The first-order valence-corrected chi connectivity index (χ1v) is 13.0. The third-order valence-corrected chi connectivity index (χ3v) is 9.35. The molecule has 3 saturated carbocycles. The summed E-state index contributed by atoms with van der Waals surface area (Å²) in [5.74, 6) is 0.266. The molecular formula is C24H32BCl3N2O4. The molecule has 2 N–H and O–H groups in total. The lowest BCUT2D eigenvalue weighted by molar-refractivity contribution is -0.199. The third-order valence-electron chi connectivity index (χ3n) is 8.06. The number of hydrogen-bond donors (Lipinski definition) is 2. The van der Waals surface area contributed by atoms with E-state index >= 15 is 0 Å². The topological polar surface area (TPSA) is 76.7 Å². The monoisotopic (exact) mass is 528 g/mol. The van der Waals surface area contributed by atoms with Crippen LogP contribution in [0.1, 0.15) is 64.2 Å². The lowest BCUT2D eigenvalue weighted by Gasteiger charge is -2.64. The highest BCUT2D eigenvalue weighted by Gasteiger charge is 2.68. The van der Waals surface area contributed by atoms with Crippen molar-refractivity contribution in [3.8, 4) is 0 Å². The Balaban J connectivity index is 1.39. The Bertz CT molecular complexity index is 991. The Morgan fingerprint density at radius 2 is 1.85 bits per heavy atom. The van der Waals surface area contributed by atoms with Gasteiger partial charge in [0.1, 0.15) is 0 Å². The molecule has 0 aromatic heterocycles. The summed E-state index contributed by atoms with van der Waals surface area (Å²) in [6, 6.07) is 2.96. The van der Waals surface area contributed by atoms with Crippen molar-refractivity contribution in [1.82, 2.24) is 10.6 Å². The number of nitrogens with one attached hydrogen (secondary N) is 2. The molecule has 34 heavy (non-hydrogen) atoms. The molecule has 0 radical (unpaired) electrons. The maximum atomic E-state index is 12.8. The highest BCUT2D eigenvalue weighted by atomic mass is 35.5. The molecule has 5 rings (SSSR count). The number of hydrogen-bond acceptors (Lipinski definition) is 4. The zero-order valence-corrected chi connectivity index (χ0v) is 22.5. The van der Waals surface area contributed by atoms with Crippen LogP contribution in [0, 0.1) is 23.2 Å². The van der Waals surface area contributed by atoms with E-state index in [4.69, 9.17) is 44.1 Å². The first kappa shape index (κ1) is 26.1. The van der Waals surface area contributed by atoms with Crippen molar-refractivity contribution in [2.75, 3.05) is 6.54 Å². The molecule has 186 valence electrons. The van der Waals surface area contributed by atoms with Crippen molar-refractivity contribution in [3.63, 3.8) is 0 Å². The van der Waals surface area contributed by atoms with E-state index in [9.17, 15) is 9.59 Å². The molecular weight excluding hydrogens is 497 g/mol. The summed E-state index contributed by atoms with van der Waals surface area (Å²) in [5, 5.41) is 6.03. The second kappa shape index (κ2) is 9.47. The summed E-state index contributed by atoms with van der Waals surface area (Å²) in [6.45, 7) is 10.8. The van der Waals surface area contributed by atoms with Crippen molar-refractivity contribution in [3.05, 3.63) is 32.8 Å². The summed E-state index contributed by atoms with van der Waals surface area (Å²) in [5.41, 5.74) is 0.0571. The number of carbonyl (C=O) groups is 2. The van der Waals surface area contributed by atoms with Gasteiger partial charge in [-0.3, -0.25) is 9.59 Å². The fraction of sp³-hybridized carbons (Fsp3) is 0.667. The van der Waals surface area contributed by atoms with Gasteiger partial charge in [-0.2, -0.15) is 0 Å². The van der Waals surface area contributed by atoms with Gasteiger partial charge < -0.3 is 19.9 Å². The molecule has 1 saturated heterocycles. The number of benzene rings is 1. The Kier molecular flexibility index (Phi) is 7.27. The van der Waals surface area contributed by atoms with E-state index in [1.165, 1.54) is 18.6 Å². The molecule has 6 nitrogen and oxygen atoms in total. The lowest BCUT2D eigenvalue weighted by Crippen LogP contribution is -2.65. The van der Waals surface area contributed by atoms with E-state index < -0.39 is 13.0 Å². The maximum Gasteiger partial charge on any atom is 0.481 e. The van der Waals surface area contributed by atoms with Gasteiger partial charge in [0.15, 0.2) is 0 Å². The van der Waals surface area contributed by atoms with E-state index in [-0.39, 0.29) is 56.1 Å². The van der Waals surface area contributed by atoms with Crippen LogP contribution in [0.3, 0.4) is 0 Å². The van der Waals surface area contributed by atoms with Crippen LogP contribution in [0.25, 0.3) is 0 Å². The quantitative estimate of drug-likeness (QED) is 0.377. The number of halogens is 3. The van der Waals surface area contributed by atoms with Crippen LogP contribution in [-0.4, -0.2) is 43.1 Å². The van der Waals surface area contributed by atoms with E-state index in [1.807, 2.05) is 0 Å². The van der Waals surface area contributed by atoms with Crippen LogP contribution in [0.4, 0.5) is 0 Å². The largest absolute Gasteiger partial charge is 0.481 e. The fourth-order valence-corrected chi connectivity index (χ4v) is 6.65. The lowest BCUT2D eigenvalue weighted by atomic mass is 9.43. The summed E-state index contributed by atoms with van der Waals surface area (Å²) in [6.07, 6.45) is 2.89. The Labute approximate surface area is 216 Å². The fourth-order valence-electron chi connectivity index (χ4n) is 6.03. The Hall–Kier alpha value is -0.985. The molecule has 1 aromatic rings. The van der Waals surface area contributed by atoms with E-state index in [0.717, 1.165) is 6.42 Å². The standard InChI is InChI=1S/C24H32BCl3N2O4/c1-12(2)8-18(25-33-17-10-13-9-16(23(13,3)4)24(17,5)34-25)30-19(31)11-29-22(32)14-6-7-15(26)21(28)20(14)27/h6-7,12-13,16-18H,8-11H2,1-5H3,(H,29,32)(H,30,31)/t13?,16?,17?,18-,24?/m0/s1. The van der Waals surface area contributed by atoms with E-state index in [1.54, 1.807) is 0 Å². The predicted octanol–water partition coefficient (Wildman–Crippen LogP) is 5.18. The normalized spacial score (nSPS) is 29.9. The predicted molar refractivity (Wildman–Crippen MR) is 135 cm³/mol. The van der Waals surface area contributed by atoms with Gasteiger partial charge in [-0.05, 0) is 61.5 Å². The number of amides is 2. The zero-order valence-electron chi connectivity index (χ0n) is 20.2. The minimum absolute atomic E-state index is 0.0392. The summed E-state index contributed by atoms with van der Waals surface area (Å²) < 4.78 is 13.0. The van der Waals surface area contributed by atoms with Gasteiger partial charge in [-0.25, -0.2) is 0 Å².